The first-order valence-electron chi connectivity index (χ1n) is 8.14. The molecule has 1 heterocycles. The molecule has 4 nitrogen and oxygen atoms in total. The number of hydrogen-bond donors (Lipinski definition) is 0. The minimum Gasteiger partial charge on any atom is -0.450 e. The molecule has 0 spiro atoms. The van der Waals surface area contributed by atoms with Crippen LogP contribution in [0.1, 0.15) is 38.9 Å². The molecule has 0 fully saturated rings. The zero-order valence-electron chi connectivity index (χ0n) is 14.4. The Balaban J connectivity index is 1.79. The normalized spacial score (nSPS) is 12.0. The molecule has 0 amide bonds. The highest BCUT2D eigenvalue weighted by atomic mass is 16.5. The number of ether oxygens (including phenoxy) is 1. The summed E-state index contributed by atoms with van der Waals surface area (Å²) in [5.74, 6) is -0.813. The van der Waals surface area contributed by atoms with Crippen LogP contribution in [0.4, 0.5) is 0 Å². The molecule has 25 heavy (non-hydrogen) atoms. The number of ketones is 1. The Morgan fingerprint density at radius 2 is 1.76 bits per heavy atom. The SMILES string of the molecule is Cc1ccc(C)c(C(=O)[C@H](C)OC(=O)c2ccc3ccccc3n2)c1. The van der Waals surface area contributed by atoms with Crippen LogP contribution < -0.4 is 0 Å². The Morgan fingerprint density at radius 3 is 2.56 bits per heavy atom. The smallest absolute Gasteiger partial charge is 0.357 e. The lowest BCUT2D eigenvalue weighted by Gasteiger charge is -2.14. The van der Waals surface area contributed by atoms with E-state index in [1.165, 1.54) is 0 Å². The molecule has 0 aliphatic rings. The Bertz CT molecular complexity index is 962. The highest BCUT2D eigenvalue weighted by Crippen LogP contribution is 2.16. The summed E-state index contributed by atoms with van der Waals surface area (Å²) in [5.41, 5.74) is 3.34. The van der Waals surface area contributed by atoms with Crippen molar-refractivity contribution in [3.63, 3.8) is 0 Å². The summed E-state index contributed by atoms with van der Waals surface area (Å²) < 4.78 is 5.35. The van der Waals surface area contributed by atoms with Crippen LogP contribution in [-0.2, 0) is 4.74 Å². The molecule has 0 saturated carbocycles. The van der Waals surface area contributed by atoms with Crippen LogP contribution in [0.15, 0.2) is 54.6 Å². The van der Waals surface area contributed by atoms with E-state index in [2.05, 4.69) is 4.98 Å². The number of esters is 1. The van der Waals surface area contributed by atoms with Crippen LogP contribution in [0, 0.1) is 13.8 Å². The summed E-state index contributed by atoms with van der Waals surface area (Å²) >= 11 is 0. The number of aromatic nitrogens is 1. The average Bonchev–Trinajstić information content (AvgIpc) is 2.62. The average molecular weight is 333 g/mol. The predicted molar refractivity (Wildman–Crippen MR) is 96.9 cm³/mol. The number of carbonyl (C=O) groups excluding carboxylic acids is 2. The van der Waals surface area contributed by atoms with E-state index in [1.807, 2.05) is 62.4 Å². The number of rotatable bonds is 4. The second kappa shape index (κ2) is 6.85. The molecule has 0 unspecified atom stereocenters. The maximum absolute atomic E-state index is 12.6. The molecule has 1 atom stereocenters. The number of pyridine rings is 1. The quantitative estimate of drug-likeness (QED) is 0.528. The lowest BCUT2D eigenvalue weighted by atomic mass is 9.99. The monoisotopic (exact) mass is 333 g/mol. The number of para-hydroxylation sites is 1. The Labute approximate surface area is 146 Å². The molecule has 0 saturated heterocycles. The van der Waals surface area contributed by atoms with E-state index < -0.39 is 12.1 Å². The van der Waals surface area contributed by atoms with Gasteiger partial charge in [-0.05, 0) is 44.5 Å². The van der Waals surface area contributed by atoms with Gasteiger partial charge in [0, 0.05) is 10.9 Å². The van der Waals surface area contributed by atoms with Crippen molar-refractivity contribution < 1.29 is 14.3 Å². The first-order valence-corrected chi connectivity index (χ1v) is 8.14. The van der Waals surface area contributed by atoms with Crippen LogP contribution in [0.3, 0.4) is 0 Å². The van der Waals surface area contributed by atoms with E-state index in [0.717, 1.165) is 16.5 Å². The number of hydrogen-bond acceptors (Lipinski definition) is 4. The minimum absolute atomic E-state index is 0.194. The Morgan fingerprint density at radius 1 is 1.00 bits per heavy atom. The standard InChI is InChI=1S/C21H19NO3/c1-13-8-9-14(2)17(12-13)20(23)15(3)25-21(24)19-11-10-16-6-4-5-7-18(16)22-19/h4-12,15H,1-3H3/t15-/m0/s1. The molecule has 3 aromatic rings. The van der Waals surface area contributed by atoms with Gasteiger partial charge in [0.1, 0.15) is 5.69 Å². The largest absolute Gasteiger partial charge is 0.450 e. The third-order valence-corrected chi connectivity index (χ3v) is 4.12. The van der Waals surface area contributed by atoms with E-state index in [-0.39, 0.29) is 11.5 Å². The van der Waals surface area contributed by atoms with Crippen molar-refractivity contribution >= 4 is 22.7 Å². The highest BCUT2D eigenvalue weighted by Gasteiger charge is 2.22. The number of carbonyl (C=O) groups is 2. The van der Waals surface area contributed by atoms with Crippen molar-refractivity contribution in [1.82, 2.24) is 4.98 Å². The molecule has 0 N–H and O–H groups in total. The zero-order valence-corrected chi connectivity index (χ0v) is 14.4. The lowest BCUT2D eigenvalue weighted by Crippen LogP contribution is -2.25. The third kappa shape index (κ3) is 3.58. The van der Waals surface area contributed by atoms with Gasteiger partial charge in [0.15, 0.2) is 6.10 Å². The molecular weight excluding hydrogens is 314 g/mol. The molecular formula is C21H19NO3. The van der Waals surface area contributed by atoms with Crippen molar-refractivity contribution in [2.75, 3.05) is 0 Å². The van der Waals surface area contributed by atoms with Crippen molar-refractivity contribution in [3.05, 3.63) is 77.0 Å². The summed E-state index contributed by atoms with van der Waals surface area (Å²) in [6.07, 6.45) is -0.874. The van der Waals surface area contributed by atoms with Gasteiger partial charge in [0.25, 0.3) is 0 Å². The Kier molecular flexibility index (Phi) is 4.61. The maximum atomic E-state index is 12.6. The molecule has 0 aliphatic carbocycles. The summed E-state index contributed by atoms with van der Waals surface area (Å²) in [7, 11) is 0. The maximum Gasteiger partial charge on any atom is 0.357 e. The Hall–Kier alpha value is -3.01. The number of aryl methyl sites for hydroxylation is 2. The summed E-state index contributed by atoms with van der Waals surface area (Å²) in [5, 5.41) is 0.943. The number of Topliss-reactive ketones (excluding diaryl/α,β-unsaturated/α-hetero) is 1. The van der Waals surface area contributed by atoms with Crippen molar-refractivity contribution in [3.8, 4) is 0 Å². The fourth-order valence-electron chi connectivity index (χ4n) is 2.67. The molecule has 0 bridgehead atoms. The van der Waals surface area contributed by atoms with Gasteiger partial charge >= 0.3 is 5.97 Å². The van der Waals surface area contributed by atoms with Gasteiger partial charge in [-0.25, -0.2) is 9.78 Å². The van der Waals surface area contributed by atoms with Gasteiger partial charge in [-0.3, -0.25) is 4.79 Å². The fourth-order valence-corrected chi connectivity index (χ4v) is 2.67. The van der Waals surface area contributed by atoms with E-state index in [4.69, 9.17) is 4.74 Å². The van der Waals surface area contributed by atoms with Crippen molar-refractivity contribution in [2.24, 2.45) is 0 Å². The van der Waals surface area contributed by atoms with Gasteiger partial charge in [0.2, 0.25) is 5.78 Å². The van der Waals surface area contributed by atoms with Gasteiger partial charge in [-0.2, -0.15) is 0 Å². The van der Waals surface area contributed by atoms with E-state index in [1.54, 1.807) is 13.0 Å². The van der Waals surface area contributed by atoms with Gasteiger partial charge in [-0.1, -0.05) is 42.0 Å². The number of fused-ring (bicyclic) bond motifs is 1. The topological polar surface area (TPSA) is 56.3 Å². The highest BCUT2D eigenvalue weighted by molar-refractivity contribution is 6.02. The minimum atomic E-state index is -0.874. The molecule has 126 valence electrons. The first kappa shape index (κ1) is 16.8. The third-order valence-electron chi connectivity index (χ3n) is 4.12. The zero-order chi connectivity index (χ0) is 18.0. The summed E-state index contributed by atoms with van der Waals surface area (Å²) in [4.78, 5) is 29.3. The predicted octanol–water partition coefficient (Wildman–Crippen LogP) is 4.28. The van der Waals surface area contributed by atoms with Crippen LogP contribution in [0.2, 0.25) is 0 Å². The second-order valence-corrected chi connectivity index (χ2v) is 6.12. The summed E-state index contributed by atoms with van der Waals surface area (Å²) in [6.45, 7) is 5.38. The van der Waals surface area contributed by atoms with Crippen molar-refractivity contribution in [1.29, 1.82) is 0 Å². The van der Waals surface area contributed by atoms with Crippen LogP contribution in [-0.4, -0.2) is 22.8 Å². The van der Waals surface area contributed by atoms with Crippen LogP contribution in [0.25, 0.3) is 10.9 Å². The fraction of sp³-hybridized carbons (Fsp3) is 0.190. The number of nitrogens with zero attached hydrogens (tertiary/aromatic N) is 1. The molecule has 0 radical (unpaired) electrons. The molecule has 0 aliphatic heterocycles. The second-order valence-electron chi connectivity index (χ2n) is 6.12. The molecule has 3 rings (SSSR count). The number of benzene rings is 2. The molecule has 1 aromatic heterocycles. The van der Waals surface area contributed by atoms with Crippen LogP contribution in [0.5, 0.6) is 0 Å². The van der Waals surface area contributed by atoms with Gasteiger partial charge < -0.3 is 4.74 Å². The van der Waals surface area contributed by atoms with E-state index in [0.29, 0.717) is 11.1 Å². The first-order chi connectivity index (χ1) is 12.0. The lowest BCUT2D eigenvalue weighted by molar-refractivity contribution is 0.0313. The molecule has 2 aromatic carbocycles. The summed E-state index contributed by atoms with van der Waals surface area (Å²) in [6, 6.07) is 16.6. The van der Waals surface area contributed by atoms with E-state index >= 15 is 0 Å². The van der Waals surface area contributed by atoms with Gasteiger partial charge in [-0.15, -0.1) is 0 Å². The van der Waals surface area contributed by atoms with E-state index in [9.17, 15) is 9.59 Å². The van der Waals surface area contributed by atoms with Crippen LogP contribution >= 0.6 is 0 Å². The van der Waals surface area contributed by atoms with Gasteiger partial charge in [0.05, 0.1) is 5.52 Å². The molecule has 4 heteroatoms. The van der Waals surface area contributed by atoms with Crippen molar-refractivity contribution in [2.45, 2.75) is 26.9 Å².